The Hall–Kier alpha value is -1.01. The highest BCUT2D eigenvalue weighted by Gasteiger charge is 2.30. The van der Waals surface area contributed by atoms with Crippen molar-refractivity contribution in [3.8, 4) is 10.6 Å². The maximum Gasteiger partial charge on any atom is 0.207 e. The third-order valence-electron chi connectivity index (χ3n) is 2.56. The van der Waals surface area contributed by atoms with Gasteiger partial charge in [-0.3, -0.25) is 0 Å². The molecule has 3 rings (SSSR count). The molecular weight excluding hydrogens is 277 g/mol. The van der Waals surface area contributed by atoms with Crippen LogP contribution < -0.4 is 0 Å². The lowest BCUT2D eigenvalue weighted by molar-refractivity contribution is -0.383. The van der Waals surface area contributed by atoms with E-state index >= 15 is 0 Å². The lowest BCUT2D eigenvalue weighted by Gasteiger charge is -2.32. The molecule has 1 fully saturated rings. The van der Waals surface area contributed by atoms with Crippen LogP contribution in [-0.4, -0.2) is 11.3 Å². The largest absolute Gasteiger partial charge is 0.318 e. The van der Waals surface area contributed by atoms with E-state index in [1.165, 1.54) is 17.4 Å². The van der Waals surface area contributed by atoms with Gasteiger partial charge in [-0.25, -0.2) is 9.37 Å². The van der Waals surface area contributed by atoms with Crippen LogP contribution in [-0.2, 0) is 9.47 Å². The van der Waals surface area contributed by atoms with E-state index in [4.69, 9.17) is 21.1 Å². The summed E-state index contributed by atoms with van der Waals surface area (Å²) in [5.41, 5.74) is 1.51. The summed E-state index contributed by atoms with van der Waals surface area (Å²) in [6.45, 7) is 1.82. The number of halogens is 2. The van der Waals surface area contributed by atoms with Crippen LogP contribution in [0.1, 0.15) is 18.9 Å². The molecule has 1 aliphatic heterocycles. The number of ether oxygens (including phenoxy) is 2. The summed E-state index contributed by atoms with van der Waals surface area (Å²) < 4.78 is 23.8. The first-order valence-electron chi connectivity index (χ1n) is 5.35. The van der Waals surface area contributed by atoms with E-state index in [1.807, 2.05) is 12.3 Å². The van der Waals surface area contributed by atoms with Gasteiger partial charge in [-0.05, 0) is 25.1 Å². The lowest BCUT2D eigenvalue weighted by atomic mass is 10.2. The minimum atomic E-state index is -0.434. The molecule has 0 saturated carbocycles. The summed E-state index contributed by atoms with van der Waals surface area (Å²) in [5.74, 6) is -0.434. The average Bonchev–Trinajstić information content (AvgIpc) is 2.78. The highest BCUT2D eigenvalue weighted by atomic mass is 35.5. The van der Waals surface area contributed by atoms with Gasteiger partial charge in [-0.15, -0.1) is 11.3 Å². The highest BCUT2D eigenvalue weighted by molar-refractivity contribution is 7.13. The van der Waals surface area contributed by atoms with Crippen molar-refractivity contribution in [2.75, 3.05) is 0 Å². The molecule has 1 aromatic heterocycles. The van der Waals surface area contributed by atoms with Crippen molar-refractivity contribution in [2.45, 2.75) is 19.5 Å². The van der Waals surface area contributed by atoms with Gasteiger partial charge in [0.1, 0.15) is 16.5 Å². The molecule has 3 nitrogen and oxygen atoms in total. The van der Waals surface area contributed by atoms with Gasteiger partial charge in [0.2, 0.25) is 6.29 Å². The first-order chi connectivity index (χ1) is 8.63. The molecule has 0 bridgehead atoms. The number of aromatic nitrogens is 1. The molecule has 6 heteroatoms. The van der Waals surface area contributed by atoms with Crippen molar-refractivity contribution in [3.63, 3.8) is 0 Å². The van der Waals surface area contributed by atoms with Crippen LogP contribution in [0.3, 0.4) is 0 Å². The molecule has 2 aromatic rings. The topological polar surface area (TPSA) is 31.4 Å². The van der Waals surface area contributed by atoms with Gasteiger partial charge in [0.25, 0.3) is 0 Å². The summed E-state index contributed by atoms with van der Waals surface area (Å²) in [4.78, 5) is 4.40. The second kappa shape index (κ2) is 4.59. The van der Waals surface area contributed by atoms with E-state index in [1.54, 1.807) is 12.1 Å². The Labute approximate surface area is 112 Å². The molecule has 0 N–H and O–H groups in total. The van der Waals surface area contributed by atoms with Crippen LogP contribution in [0.15, 0.2) is 23.6 Å². The van der Waals surface area contributed by atoms with Crippen LogP contribution in [0.4, 0.5) is 4.39 Å². The van der Waals surface area contributed by atoms with E-state index in [-0.39, 0.29) is 17.6 Å². The Balaban J connectivity index is 1.86. The Morgan fingerprint density at radius 1 is 1.39 bits per heavy atom. The third-order valence-corrected chi connectivity index (χ3v) is 3.76. The number of hydrogen-bond acceptors (Lipinski definition) is 4. The van der Waals surface area contributed by atoms with Gasteiger partial charge in [0.15, 0.2) is 6.29 Å². The lowest BCUT2D eigenvalue weighted by Crippen LogP contribution is -2.31. The molecule has 0 atom stereocenters. The second-order valence-corrected chi connectivity index (χ2v) is 5.14. The average molecular weight is 286 g/mol. The maximum absolute atomic E-state index is 13.1. The highest BCUT2D eigenvalue weighted by Crippen LogP contribution is 2.35. The summed E-state index contributed by atoms with van der Waals surface area (Å²) in [6, 6.07) is 4.54. The number of thiazole rings is 1. The number of benzene rings is 1. The van der Waals surface area contributed by atoms with E-state index in [2.05, 4.69) is 4.98 Å². The van der Waals surface area contributed by atoms with Crippen molar-refractivity contribution in [3.05, 3.63) is 40.1 Å². The van der Waals surface area contributed by atoms with E-state index < -0.39 is 5.82 Å². The van der Waals surface area contributed by atoms with Crippen molar-refractivity contribution in [1.29, 1.82) is 0 Å². The summed E-state index contributed by atoms with van der Waals surface area (Å²) in [5, 5.41) is 2.72. The van der Waals surface area contributed by atoms with Crippen molar-refractivity contribution in [1.82, 2.24) is 4.98 Å². The van der Waals surface area contributed by atoms with Gasteiger partial charge >= 0.3 is 0 Å². The van der Waals surface area contributed by atoms with Crippen LogP contribution in [0.25, 0.3) is 10.6 Å². The summed E-state index contributed by atoms with van der Waals surface area (Å²) >= 11 is 7.19. The third kappa shape index (κ3) is 2.14. The molecule has 1 aliphatic rings. The fraction of sp³-hybridized carbons (Fsp3) is 0.250. The van der Waals surface area contributed by atoms with Gasteiger partial charge < -0.3 is 9.47 Å². The van der Waals surface area contributed by atoms with Crippen molar-refractivity contribution >= 4 is 22.9 Å². The van der Waals surface area contributed by atoms with E-state index in [0.29, 0.717) is 0 Å². The predicted molar refractivity (Wildman–Crippen MR) is 66.9 cm³/mol. The zero-order valence-corrected chi connectivity index (χ0v) is 11.0. The molecule has 94 valence electrons. The predicted octanol–water partition coefficient (Wildman–Crippen LogP) is 3.99. The zero-order chi connectivity index (χ0) is 12.7. The normalized spacial score (nSPS) is 22.8. The molecule has 1 aromatic carbocycles. The fourth-order valence-corrected chi connectivity index (χ4v) is 2.65. The van der Waals surface area contributed by atoms with Crippen LogP contribution in [0.5, 0.6) is 0 Å². The molecule has 0 aliphatic carbocycles. The molecule has 18 heavy (non-hydrogen) atoms. The smallest absolute Gasteiger partial charge is 0.207 e. The van der Waals surface area contributed by atoms with Crippen LogP contribution in [0, 0.1) is 5.82 Å². The minimum absolute atomic E-state index is 0.0917. The second-order valence-electron chi connectivity index (χ2n) is 3.88. The van der Waals surface area contributed by atoms with Crippen molar-refractivity contribution in [2.24, 2.45) is 0 Å². The first kappa shape index (κ1) is 12.0. The van der Waals surface area contributed by atoms with Gasteiger partial charge in [-0.2, -0.15) is 0 Å². The van der Waals surface area contributed by atoms with Crippen LogP contribution in [0.2, 0.25) is 5.02 Å². The standard InChI is InChI=1S/C12H9ClFNO2S/c1-6-16-12(17-6)10-5-18-11(15-10)7-2-3-9(14)8(13)4-7/h2-6,12H,1H3. The Morgan fingerprint density at radius 2 is 2.17 bits per heavy atom. The maximum atomic E-state index is 13.1. The molecule has 0 radical (unpaired) electrons. The number of hydrogen-bond donors (Lipinski definition) is 0. The Kier molecular flexibility index (Phi) is 3.07. The molecule has 0 unspecified atom stereocenters. The zero-order valence-electron chi connectivity index (χ0n) is 9.39. The van der Waals surface area contributed by atoms with E-state index in [0.717, 1.165) is 16.3 Å². The molecule has 2 heterocycles. The Bertz CT molecular complexity index is 583. The molecule has 0 amide bonds. The van der Waals surface area contributed by atoms with Gasteiger partial charge in [-0.1, -0.05) is 11.6 Å². The minimum Gasteiger partial charge on any atom is -0.318 e. The fourth-order valence-electron chi connectivity index (χ4n) is 1.65. The Morgan fingerprint density at radius 3 is 2.83 bits per heavy atom. The van der Waals surface area contributed by atoms with Crippen molar-refractivity contribution < 1.29 is 13.9 Å². The summed E-state index contributed by atoms with van der Waals surface area (Å²) in [7, 11) is 0. The molecule has 1 saturated heterocycles. The monoisotopic (exact) mass is 285 g/mol. The number of rotatable bonds is 2. The van der Waals surface area contributed by atoms with Gasteiger partial charge in [0.05, 0.1) is 5.02 Å². The van der Waals surface area contributed by atoms with Crippen LogP contribution >= 0.6 is 22.9 Å². The number of nitrogens with zero attached hydrogens (tertiary/aromatic N) is 1. The molecule has 0 spiro atoms. The SMILES string of the molecule is CC1OC(c2csc(-c3ccc(F)c(Cl)c3)n2)O1. The molecular formula is C12H9ClFNO2S. The summed E-state index contributed by atoms with van der Waals surface area (Å²) in [6.07, 6.45) is -0.568. The first-order valence-corrected chi connectivity index (χ1v) is 6.61. The van der Waals surface area contributed by atoms with Gasteiger partial charge in [0, 0.05) is 10.9 Å². The van der Waals surface area contributed by atoms with E-state index in [9.17, 15) is 4.39 Å². The quantitative estimate of drug-likeness (QED) is 0.836.